The van der Waals surface area contributed by atoms with Gasteiger partial charge in [0, 0.05) is 29.6 Å². The van der Waals surface area contributed by atoms with Gasteiger partial charge in [-0.2, -0.15) is 5.10 Å². The standard InChI is InChI=1S/C24H28N6OS/c1-17-8-10-20(11-9-17)23-28-29-24(30(23)21-6-4-3-5-7-21)32-16-22(31)27-26-18(2)19-12-14-25-15-13-19/h8-15,21H,3-7,16H2,1-2H3,(H,27,31). The molecular weight excluding hydrogens is 420 g/mol. The first-order valence-corrected chi connectivity index (χ1v) is 12.0. The smallest absolute Gasteiger partial charge is 0.250 e. The highest BCUT2D eigenvalue weighted by Crippen LogP contribution is 2.35. The first kappa shape index (κ1) is 22.2. The molecule has 0 bridgehead atoms. The Morgan fingerprint density at radius 1 is 1.09 bits per heavy atom. The maximum absolute atomic E-state index is 12.4. The van der Waals surface area contributed by atoms with Gasteiger partial charge in [-0.1, -0.05) is 60.9 Å². The molecule has 8 heteroatoms. The molecule has 0 aliphatic heterocycles. The Hall–Kier alpha value is -3.00. The minimum absolute atomic E-state index is 0.168. The Bertz CT molecular complexity index is 1070. The van der Waals surface area contributed by atoms with E-state index in [-0.39, 0.29) is 11.7 Å². The molecule has 2 aromatic heterocycles. The quantitative estimate of drug-likeness (QED) is 0.319. The van der Waals surface area contributed by atoms with Gasteiger partial charge < -0.3 is 0 Å². The molecule has 0 saturated heterocycles. The molecule has 1 amide bonds. The Kier molecular flexibility index (Phi) is 7.32. The molecule has 1 saturated carbocycles. The fourth-order valence-corrected chi connectivity index (χ4v) is 4.71. The number of pyridine rings is 1. The second-order valence-electron chi connectivity index (χ2n) is 8.09. The van der Waals surface area contributed by atoms with Gasteiger partial charge in [-0.3, -0.25) is 14.3 Å². The first-order valence-electron chi connectivity index (χ1n) is 11.0. The number of benzene rings is 1. The van der Waals surface area contributed by atoms with Gasteiger partial charge in [0.15, 0.2) is 11.0 Å². The lowest BCUT2D eigenvalue weighted by Gasteiger charge is -2.25. The van der Waals surface area contributed by atoms with E-state index in [1.807, 2.05) is 19.1 Å². The van der Waals surface area contributed by atoms with Crippen molar-refractivity contribution in [2.75, 3.05) is 5.75 Å². The van der Waals surface area contributed by atoms with Gasteiger partial charge in [-0.25, -0.2) is 5.43 Å². The molecule has 0 unspecified atom stereocenters. The number of aromatic nitrogens is 4. The number of rotatable bonds is 7. The van der Waals surface area contributed by atoms with Crippen molar-refractivity contribution in [3.63, 3.8) is 0 Å². The molecule has 166 valence electrons. The van der Waals surface area contributed by atoms with Crippen LogP contribution in [0.25, 0.3) is 11.4 Å². The summed E-state index contributed by atoms with van der Waals surface area (Å²) < 4.78 is 2.24. The largest absolute Gasteiger partial charge is 0.299 e. The number of hydrazone groups is 1. The normalized spacial score (nSPS) is 15.0. The van der Waals surface area contributed by atoms with Gasteiger partial charge in [-0.05, 0) is 38.8 Å². The number of carbonyl (C=O) groups excluding carboxylic acids is 1. The van der Waals surface area contributed by atoms with Crippen LogP contribution in [0.4, 0.5) is 0 Å². The number of aryl methyl sites for hydroxylation is 1. The fraction of sp³-hybridized carbons (Fsp3) is 0.375. The monoisotopic (exact) mass is 448 g/mol. The zero-order valence-corrected chi connectivity index (χ0v) is 19.3. The SMILES string of the molecule is CC(=NNC(=O)CSc1nnc(-c2ccc(C)cc2)n1C1CCCCC1)c1ccncc1. The Balaban J connectivity index is 1.48. The van der Waals surface area contributed by atoms with Crippen molar-refractivity contribution in [1.29, 1.82) is 0 Å². The lowest BCUT2D eigenvalue weighted by molar-refractivity contribution is -0.118. The molecule has 7 nitrogen and oxygen atoms in total. The number of nitrogens with one attached hydrogen (secondary N) is 1. The van der Waals surface area contributed by atoms with Crippen LogP contribution in [-0.4, -0.2) is 37.1 Å². The molecule has 0 spiro atoms. The molecule has 1 fully saturated rings. The third kappa shape index (κ3) is 5.43. The lowest BCUT2D eigenvalue weighted by Crippen LogP contribution is -2.22. The molecule has 4 rings (SSSR count). The van der Waals surface area contributed by atoms with E-state index in [1.54, 1.807) is 12.4 Å². The van der Waals surface area contributed by atoms with Crippen LogP contribution in [0.1, 0.15) is 56.2 Å². The van der Waals surface area contributed by atoms with Gasteiger partial charge >= 0.3 is 0 Å². The van der Waals surface area contributed by atoms with Crippen molar-refractivity contribution in [2.45, 2.75) is 57.1 Å². The third-order valence-corrected chi connectivity index (χ3v) is 6.64. The van der Waals surface area contributed by atoms with Crippen molar-refractivity contribution >= 4 is 23.4 Å². The zero-order valence-electron chi connectivity index (χ0n) is 18.5. The van der Waals surface area contributed by atoms with E-state index in [1.165, 1.54) is 36.6 Å². The first-order chi connectivity index (χ1) is 15.6. The molecule has 32 heavy (non-hydrogen) atoms. The van der Waals surface area contributed by atoms with Crippen LogP contribution in [-0.2, 0) is 4.79 Å². The van der Waals surface area contributed by atoms with Crippen LogP contribution in [0.3, 0.4) is 0 Å². The molecule has 0 atom stereocenters. The van der Waals surface area contributed by atoms with Crippen LogP contribution in [0.2, 0.25) is 0 Å². The number of hydrogen-bond acceptors (Lipinski definition) is 6. The summed E-state index contributed by atoms with van der Waals surface area (Å²) in [6, 6.07) is 12.5. The zero-order chi connectivity index (χ0) is 22.3. The van der Waals surface area contributed by atoms with Gasteiger partial charge in [0.1, 0.15) is 0 Å². The maximum Gasteiger partial charge on any atom is 0.250 e. The lowest BCUT2D eigenvalue weighted by atomic mass is 9.95. The van der Waals surface area contributed by atoms with E-state index in [0.29, 0.717) is 6.04 Å². The highest BCUT2D eigenvalue weighted by Gasteiger charge is 2.24. The Labute approximate surface area is 192 Å². The molecule has 3 aromatic rings. The fourth-order valence-electron chi connectivity index (χ4n) is 3.91. The van der Waals surface area contributed by atoms with Gasteiger partial charge in [-0.15, -0.1) is 10.2 Å². The predicted octanol–water partition coefficient (Wildman–Crippen LogP) is 4.79. The molecule has 1 aliphatic rings. The average molecular weight is 449 g/mol. The Morgan fingerprint density at radius 3 is 2.53 bits per heavy atom. The maximum atomic E-state index is 12.4. The second kappa shape index (κ2) is 10.5. The van der Waals surface area contributed by atoms with Gasteiger partial charge in [0.05, 0.1) is 11.5 Å². The predicted molar refractivity (Wildman–Crippen MR) is 128 cm³/mol. The topological polar surface area (TPSA) is 85.1 Å². The van der Waals surface area contributed by atoms with Crippen molar-refractivity contribution < 1.29 is 4.79 Å². The van der Waals surface area contributed by atoms with Crippen LogP contribution < -0.4 is 5.43 Å². The van der Waals surface area contributed by atoms with E-state index in [9.17, 15) is 4.79 Å². The second-order valence-corrected chi connectivity index (χ2v) is 9.03. The summed E-state index contributed by atoms with van der Waals surface area (Å²) >= 11 is 1.41. The Morgan fingerprint density at radius 2 is 1.81 bits per heavy atom. The van der Waals surface area contributed by atoms with Crippen LogP contribution in [0, 0.1) is 6.92 Å². The number of hydrogen-bond donors (Lipinski definition) is 1. The number of thioether (sulfide) groups is 1. The number of carbonyl (C=O) groups is 1. The average Bonchev–Trinajstić information content (AvgIpc) is 3.26. The summed E-state index contributed by atoms with van der Waals surface area (Å²) in [4.78, 5) is 16.4. The molecule has 2 heterocycles. The van der Waals surface area contributed by atoms with E-state index < -0.39 is 0 Å². The summed E-state index contributed by atoms with van der Waals surface area (Å²) in [7, 11) is 0. The molecule has 1 N–H and O–H groups in total. The summed E-state index contributed by atoms with van der Waals surface area (Å²) in [5, 5.41) is 14.0. The van der Waals surface area contributed by atoms with Crippen molar-refractivity contribution in [1.82, 2.24) is 25.2 Å². The minimum atomic E-state index is -0.168. The summed E-state index contributed by atoms with van der Waals surface area (Å²) in [5.74, 6) is 0.941. The van der Waals surface area contributed by atoms with E-state index in [4.69, 9.17) is 0 Å². The van der Waals surface area contributed by atoms with Crippen molar-refractivity contribution in [2.24, 2.45) is 5.10 Å². The molecule has 1 aromatic carbocycles. The van der Waals surface area contributed by atoms with E-state index in [0.717, 1.165) is 40.7 Å². The molecular formula is C24H28N6OS. The molecule has 0 radical (unpaired) electrons. The van der Waals surface area contributed by atoms with Crippen LogP contribution in [0.5, 0.6) is 0 Å². The molecule has 1 aliphatic carbocycles. The van der Waals surface area contributed by atoms with E-state index in [2.05, 4.69) is 61.5 Å². The van der Waals surface area contributed by atoms with Gasteiger partial charge in [0.25, 0.3) is 5.91 Å². The highest BCUT2D eigenvalue weighted by molar-refractivity contribution is 7.99. The van der Waals surface area contributed by atoms with Crippen LogP contribution >= 0.6 is 11.8 Å². The number of amides is 1. The minimum Gasteiger partial charge on any atom is -0.299 e. The summed E-state index contributed by atoms with van der Waals surface area (Å²) in [6.07, 6.45) is 9.34. The van der Waals surface area contributed by atoms with Gasteiger partial charge in [0.2, 0.25) is 0 Å². The van der Waals surface area contributed by atoms with Crippen LogP contribution in [0.15, 0.2) is 59.0 Å². The van der Waals surface area contributed by atoms with Crippen molar-refractivity contribution in [3.8, 4) is 11.4 Å². The third-order valence-electron chi connectivity index (χ3n) is 5.69. The highest BCUT2D eigenvalue weighted by atomic mass is 32.2. The summed E-state index contributed by atoms with van der Waals surface area (Å²) in [6.45, 7) is 3.94. The summed E-state index contributed by atoms with van der Waals surface area (Å²) in [5.41, 5.74) is 6.58. The number of nitrogens with zero attached hydrogens (tertiary/aromatic N) is 5. The van der Waals surface area contributed by atoms with E-state index >= 15 is 0 Å². The van der Waals surface area contributed by atoms with Crippen molar-refractivity contribution in [3.05, 3.63) is 59.9 Å².